The molecule has 108 valence electrons. The number of carbonyl (C=O) groups is 2. The van der Waals surface area contributed by atoms with Gasteiger partial charge in [0.15, 0.2) is 0 Å². The van der Waals surface area contributed by atoms with Crippen molar-refractivity contribution in [2.24, 2.45) is 0 Å². The van der Waals surface area contributed by atoms with Gasteiger partial charge in [-0.05, 0) is 36.2 Å². The fourth-order valence-electron chi connectivity index (χ4n) is 1.57. The monoisotopic (exact) mass is 277 g/mol. The molecule has 1 aromatic rings. The van der Waals surface area contributed by atoms with Crippen LogP contribution in [0.25, 0.3) is 5.70 Å². The summed E-state index contributed by atoms with van der Waals surface area (Å²) in [5.41, 5.74) is 0.871. The average Bonchev–Trinajstić information content (AvgIpc) is 2.38. The third-order valence-corrected chi connectivity index (χ3v) is 2.51. The minimum Gasteiger partial charge on any atom is -0.494 e. The van der Waals surface area contributed by atoms with E-state index in [-0.39, 0.29) is 11.6 Å². The van der Waals surface area contributed by atoms with Gasteiger partial charge in [0.25, 0.3) is 0 Å². The Kier molecular flexibility index (Phi) is 6.29. The predicted octanol–water partition coefficient (Wildman–Crippen LogP) is 2.43. The van der Waals surface area contributed by atoms with E-state index >= 15 is 0 Å². The zero-order chi connectivity index (χ0) is 15.0. The average molecular weight is 277 g/mol. The number of unbranched alkanes of at least 4 members (excludes halogenated alkanes) is 1. The van der Waals surface area contributed by atoms with Gasteiger partial charge in [0.2, 0.25) is 5.91 Å². The molecule has 0 bridgehead atoms. The molecule has 1 aromatic carbocycles. The van der Waals surface area contributed by atoms with Crippen LogP contribution in [0.2, 0.25) is 0 Å². The summed E-state index contributed by atoms with van der Waals surface area (Å²) in [6.45, 7) is 4.07. The number of hydrogen-bond acceptors (Lipinski definition) is 3. The van der Waals surface area contributed by atoms with Crippen LogP contribution in [0.1, 0.15) is 32.3 Å². The highest BCUT2D eigenvalue weighted by Gasteiger charge is 2.06. The van der Waals surface area contributed by atoms with Crippen molar-refractivity contribution in [2.75, 3.05) is 6.61 Å². The largest absolute Gasteiger partial charge is 0.494 e. The van der Waals surface area contributed by atoms with E-state index in [2.05, 4.69) is 12.2 Å². The Morgan fingerprint density at radius 3 is 2.45 bits per heavy atom. The van der Waals surface area contributed by atoms with Crippen LogP contribution in [0.15, 0.2) is 30.3 Å². The Morgan fingerprint density at radius 2 is 1.95 bits per heavy atom. The maximum atomic E-state index is 11.1. The summed E-state index contributed by atoms with van der Waals surface area (Å²) in [6, 6.07) is 6.93. The van der Waals surface area contributed by atoms with Crippen molar-refractivity contribution in [3.8, 4) is 5.75 Å². The van der Waals surface area contributed by atoms with E-state index in [4.69, 9.17) is 9.84 Å². The molecule has 0 aromatic heterocycles. The van der Waals surface area contributed by atoms with Gasteiger partial charge in [-0.25, -0.2) is 4.79 Å². The standard InChI is InChI=1S/C15H19NO4/c1-3-4-9-20-13-7-5-12(6-8-13)14(10-15(18)19)16-11(2)17/h5-8,10H,3-4,9H2,1-2H3,(H,16,17)(H,18,19). The molecule has 5 heteroatoms. The van der Waals surface area contributed by atoms with Crippen LogP contribution < -0.4 is 10.1 Å². The minimum absolute atomic E-state index is 0.255. The molecule has 0 aliphatic heterocycles. The van der Waals surface area contributed by atoms with Crippen LogP contribution in [0.4, 0.5) is 0 Å². The first-order chi connectivity index (χ1) is 9.52. The van der Waals surface area contributed by atoms with Crippen LogP contribution in [0.3, 0.4) is 0 Å². The van der Waals surface area contributed by atoms with Gasteiger partial charge in [-0.2, -0.15) is 0 Å². The number of amides is 1. The molecule has 0 heterocycles. The highest BCUT2D eigenvalue weighted by atomic mass is 16.5. The van der Waals surface area contributed by atoms with Gasteiger partial charge in [-0.3, -0.25) is 4.79 Å². The highest BCUT2D eigenvalue weighted by Crippen LogP contribution is 2.17. The maximum absolute atomic E-state index is 11.1. The SMILES string of the molecule is CCCCOc1ccc(C(=CC(=O)O)NC(C)=O)cc1. The molecule has 0 spiro atoms. The molecule has 0 saturated heterocycles. The van der Waals surface area contributed by atoms with E-state index in [1.807, 2.05) is 0 Å². The number of ether oxygens (including phenoxy) is 1. The van der Waals surface area contributed by atoms with E-state index in [1.54, 1.807) is 24.3 Å². The number of carboxylic acid groups (broad SMARTS) is 1. The Balaban J connectivity index is 2.82. The molecule has 0 fully saturated rings. The van der Waals surface area contributed by atoms with E-state index in [9.17, 15) is 9.59 Å². The first-order valence-corrected chi connectivity index (χ1v) is 6.48. The van der Waals surface area contributed by atoms with Crippen LogP contribution in [0, 0.1) is 0 Å². The summed E-state index contributed by atoms with van der Waals surface area (Å²) in [5, 5.41) is 11.3. The number of carboxylic acids is 1. The Bertz CT molecular complexity index is 491. The topological polar surface area (TPSA) is 75.6 Å². The zero-order valence-electron chi connectivity index (χ0n) is 11.7. The number of benzene rings is 1. The van der Waals surface area contributed by atoms with E-state index in [1.165, 1.54) is 6.92 Å². The van der Waals surface area contributed by atoms with Crippen LogP contribution in [-0.4, -0.2) is 23.6 Å². The van der Waals surface area contributed by atoms with Crippen LogP contribution in [0.5, 0.6) is 5.75 Å². The van der Waals surface area contributed by atoms with Gasteiger partial charge in [0.05, 0.1) is 12.3 Å². The summed E-state index contributed by atoms with van der Waals surface area (Å²) in [5.74, 6) is -0.711. The van der Waals surface area contributed by atoms with E-state index in [0.29, 0.717) is 12.2 Å². The second-order valence-electron chi connectivity index (χ2n) is 4.30. The first kappa shape index (κ1) is 15.8. The fraction of sp³-hybridized carbons (Fsp3) is 0.333. The lowest BCUT2D eigenvalue weighted by Gasteiger charge is -2.09. The zero-order valence-corrected chi connectivity index (χ0v) is 11.7. The van der Waals surface area contributed by atoms with Gasteiger partial charge >= 0.3 is 5.97 Å². The quantitative estimate of drug-likeness (QED) is 0.593. The van der Waals surface area contributed by atoms with Crippen molar-refractivity contribution >= 4 is 17.6 Å². The van der Waals surface area contributed by atoms with Crippen LogP contribution >= 0.6 is 0 Å². The predicted molar refractivity (Wildman–Crippen MR) is 76.3 cm³/mol. The van der Waals surface area contributed by atoms with Gasteiger partial charge in [-0.1, -0.05) is 13.3 Å². The van der Waals surface area contributed by atoms with Crippen molar-refractivity contribution in [1.82, 2.24) is 5.32 Å². The molecule has 1 rings (SSSR count). The molecule has 0 radical (unpaired) electrons. The molecule has 0 saturated carbocycles. The molecule has 0 aliphatic rings. The highest BCUT2D eigenvalue weighted by molar-refractivity contribution is 5.94. The minimum atomic E-state index is -1.11. The number of carbonyl (C=O) groups excluding carboxylic acids is 1. The summed E-state index contributed by atoms with van der Waals surface area (Å²) in [4.78, 5) is 21.8. The molecule has 0 aliphatic carbocycles. The second-order valence-corrected chi connectivity index (χ2v) is 4.30. The van der Waals surface area contributed by atoms with Crippen molar-refractivity contribution in [3.63, 3.8) is 0 Å². The first-order valence-electron chi connectivity index (χ1n) is 6.48. The van der Waals surface area contributed by atoms with E-state index in [0.717, 1.165) is 24.7 Å². The summed E-state index contributed by atoms with van der Waals surface area (Å²) >= 11 is 0. The molecule has 5 nitrogen and oxygen atoms in total. The number of hydrogen-bond donors (Lipinski definition) is 2. The normalized spacial score (nSPS) is 11.0. The molecule has 1 amide bonds. The molecule has 0 atom stereocenters. The lowest BCUT2D eigenvalue weighted by atomic mass is 10.1. The lowest BCUT2D eigenvalue weighted by Crippen LogP contribution is -2.19. The van der Waals surface area contributed by atoms with Gasteiger partial charge < -0.3 is 15.2 Å². The molecule has 2 N–H and O–H groups in total. The van der Waals surface area contributed by atoms with Crippen molar-refractivity contribution in [2.45, 2.75) is 26.7 Å². The van der Waals surface area contributed by atoms with E-state index < -0.39 is 5.97 Å². The van der Waals surface area contributed by atoms with Crippen molar-refractivity contribution in [1.29, 1.82) is 0 Å². The number of rotatable bonds is 7. The molecular weight excluding hydrogens is 258 g/mol. The molecule has 20 heavy (non-hydrogen) atoms. The molecule has 0 unspecified atom stereocenters. The van der Waals surface area contributed by atoms with Crippen molar-refractivity contribution < 1.29 is 19.4 Å². The third-order valence-electron chi connectivity index (χ3n) is 2.51. The Labute approximate surface area is 118 Å². The van der Waals surface area contributed by atoms with Crippen molar-refractivity contribution in [3.05, 3.63) is 35.9 Å². The van der Waals surface area contributed by atoms with Gasteiger partial charge in [0, 0.05) is 13.0 Å². The Hall–Kier alpha value is -2.30. The smallest absolute Gasteiger partial charge is 0.330 e. The van der Waals surface area contributed by atoms with Crippen LogP contribution in [-0.2, 0) is 9.59 Å². The summed E-state index contributed by atoms with van der Waals surface area (Å²) < 4.78 is 5.52. The lowest BCUT2D eigenvalue weighted by molar-refractivity contribution is -0.131. The Morgan fingerprint density at radius 1 is 1.30 bits per heavy atom. The second kappa shape index (κ2) is 7.99. The maximum Gasteiger partial charge on any atom is 0.330 e. The third kappa shape index (κ3) is 5.56. The number of aliphatic carboxylic acids is 1. The number of nitrogens with one attached hydrogen (secondary N) is 1. The fourth-order valence-corrected chi connectivity index (χ4v) is 1.57. The molecular formula is C15H19NO4. The van der Waals surface area contributed by atoms with Gasteiger partial charge in [0.1, 0.15) is 5.75 Å². The van der Waals surface area contributed by atoms with Gasteiger partial charge in [-0.15, -0.1) is 0 Å². The summed E-state index contributed by atoms with van der Waals surface area (Å²) in [6.07, 6.45) is 3.01. The summed E-state index contributed by atoms with van der Waals surface area (Å²) in [7, 11) is 0.